The fraction of sp³-hybridized carbons (Fsp3) is 0.286. The van der Waals surface area contributed by atoms with E-state index in [-0.39, 0.29) is 23.4 Å². The van der Waals surface area contributed by atoms with Gasteiger partial charge in [0, 0.05) is 22.7 Å². The number of halogens is 1. The molecule has 9 nitrogen and oxygen atoms in total. The van der Waals surface area contributed by atoms with Crippen LogP contribution in [-0.2, 0) is 19.2 Å². The van der Waals surface area contributed by atoms with Crippen LogP contribution in [0.4, 0.5) is 11.4 Å². The van der Waals surface area contributed by atoms with Crippen LogP contribution in [0, 0.1) is 27.9 Å². The van der Waals surface area contributed by atoms with E-state index in [1.165, 1.54) is 17.0 Å². The molecule has 2 amide bonds. The largest absolute Gasteiger partial charge is 0.389 e. The first-order chi connectivity index (χ1) is 15.0. The van der Waals surface area contributed by atoms with Crippen LogP contribution in [0.3, 0.4) is 0 Å². The summed E-state index contributed by atoms with van der Waals surface area (Å²) in [5.41, 5.74) is 1.45. The van der Waals surface area contributed by atoms with Gasteiger partial charge >= 0.3 is 0 Å². The van der Waals surface area contributed by atoms with Crippen LogP contribution >= 0.6 is 11.6 Å². The predicted molar refractivity (Wildman–Crippen MR) is 108 cm³/mol. The van der Waals surface area contributed by atoms with Gasteiger partial charge in [0.15, 0.2) is 6.10 Å². The molecule has 0 saturated carbocycles. The molecular formula is C21H14ClN3O6. The highest BCUT2D eigenvalue weighted by molar-refractivity contribution is 6.31. The van der Waals surface area contributed by atoms with Gasteiger partial charge in [0.1, 0.15) is 6.10 Å². The van der Waals surface area contributed by atoms with E-state index in [2.05, 4.69) is 5.16 Å². The van der Waals surface area contributed by atoms with Crippen molar-refractivity contribution in [2.75, 3.05) is 4.90 Å². The summed E-state index contributed by atoms with van der Waals surface area (Å²) < 4.78 is 6.05. The molecule has 3 saturated heterocycles. The van der Waals surface area contributed by atoms with Crippen LogP contribution in [0.15, 0.2) is 53.7 Å². The van der Waals surface area contributed by atoms with E-state index in [1.54, 1.807) is 36.4 Å². The fourth-order valence-electron chi connectivity index (χ4n) is 5.22. The number of nitro groups is 1. The fourth-order valence-corrected chi connectivity index (χ4v) is 5.35. The second-order valence-electron chi connectivity index (χ2n) is 7.98. The van der Waals surface area contributed by atoms with Crippen LogP contribution < -0.4 is 4.90 Å². The average molecular weight is 440 g/mol. The van der Waals surface area contributed by atoms with Crippen LogP contribution in [0.25, 0.3) is 0 Å². The number of rotatable bonds is 3. The molecule has 0 spiro atoms. The SMILES string of the molecule is O=C1[C@@H]2[C@@H]3O[C@@H]([C@H]4ON=C(c5cccc([N+](=O)[O-])c5)[C@H]43)[C@@H]2C(=O)N1c1ccc(Cl)cc1. The molecule has 0 radical (unpaired) electrons. The Balaban J connectivity index is 1.34. The summed E-state index contributed by atoms with van der Waals surface area (Å²) in [5.74, 6) is -2.33. The lowest BCUT2D eigenvalue weighted by molar-refractivity contribution is -0.384. The van der Waals surface area contributed by atoms with E-state index >= 15 is 0 Å². The zero-order valence-electron chi connectivity index (χ0n) is 15.8. The number of benzene rings is 2. The molecule has 156 valence electrons. The maximum absolute atomic E-state index is 13.3. The summed E-state index contributed by atoms with van der Waals surface area (Å²) in [6.07, 6.45) is -1.70. The topological polar surface area (TPSA) is 111 Å². The lowest BCUT2D eigenvalue weighted by Gasteiger charge is -2.26. The maximum Gasteiger partial charge on any atom is 0.270 e. The molecule has 6 rings (SSSR count). The molecule has 0 aromatic heterocycles. The normalized spacial score (nSPS) is 32.7. The summed E-state index contributed by atoms with van der Waals surface area (Å²) in [5, 5.41) is 15.8. The number of fused-ring (bicyclic) bond motifs is 8. The Kier molecular flexibility index (Phi) is 3.78. The van der Waals surface area contributed by atoms with Gasteiger partial charge in [-0.25, -0.2) is 4.90 Å². The van der Waals surface area contributed by atoms with Crippen molar-refractivity contribution >= 4 is 40.5 Å². The monoisotopic (exact) mass is 439 g/mol. The van der Waals surface area contributed by atoms with Crippen molar-refractivity contribution < 1.29 is 24.1 Å². The third-order valence-electron chi connectivity index (χ3n) is 6.48. The Bertz CT molecular complexity index is 1180. The molecule has 4 heterocycles. The van der Waals surface area contributed by atoms with Crippen molar-refractivity contribution in [3.05, 3.63) is 69.2 Å². The molecule has 0 unspecified atom stereocenters. The number of hydrogen-bond donors (Lipinski definition) is 0. The first-order valence-electron chi connectivity index (χ1n) is 9.73. The summed E-state index contributed by atoms with van der Waals surface area (Å²) in [4.78, 5) is 43.9. The molecule has 4 aliphatic rings. The number of carbonyl (C=O) groups excluding carboxylic acids is 2. The van der Waals surface area contributed by atoms with Gasteiger partial charge in [0.05, 0.1) is 40.2 Å². The molecule has 31 heavy (non-hydrogen) atoms. The number of carbonyl (C=O) groups is 2. The Morgan fingerprint density at radius 1 is 0.968 bits per heavy atom. The molecule has 0 N–H and O–H groups in total. The van der Waals surface area contributed by atoms with Crippen LogP contribution in [-0.4, -0.2) is 40.8 Å². The lowest BCUT2D eigenvalue weighted by atomic mass is 9.71. The highest BCUT2D eigenvalue weighted by Crippen LogP contribution is 2.55. The molecular weight excluding hydrogens is 426 g/mol. The highest BCUT2D eigenvalue weighted by atomic mass is 35.5. The number of hydrogen-bond acceptors (Lipinski definition) is 7. The summed E-state index contributed by atoms with van der Waals surface area (Å²) in [6, 6.07) is 12.6. The second kappa shape index (κ2) is 6.35. The molecule has 2 aromatic carbocycles. The van der Waals surface area contributed by atoms with E-state index < -0.39 is 35.1 Å². The van der Waals surface area contributed by atoms with E-state index in [1.807, 2.05) is 0 Å². The smallest absolute Gasteiger partial charge is 0.270 e. The Morgan fingerprint density at radius 3 is 2.39 bits per heavy atom. The van der Waals surface area contributed by atoms with Crippen molar-refractivity contribution in [2.45, 2.75) is 18.3 Å². The summed E-state index contributed by atoms with van der Waals surface area (Å²) in [6.45, 7) is 0. The van der Waals surface area contributed by atoms with Gasteiger partial charge in [-0.15, -0.1) is 0 Å². The van der Waals surface area contributed by atoms with Crippen molar-refractivity contribution in [3.8, 4) is 0 Å². The minimum atomic E-state index is -0.653. The number of non-ortho nitro benzene ring substituents is 1. The number of imide groups is 1. The number of ether oxygens (including phenoxy) is 1. The summed E-state index contributed by atoms with van der Waals surface area (Å²) in [7, 11) is 0. The third-order valence-corrected chi connectivity index (χ3v) is 6.73. The van der Waals surface area contributed by atoms with Crippen LogP contribution in [0.2, 0.25) is 5.02 Å². The maximum atomic E-state index is 13.3. The minimum Gasteiger partial charge on any atom is -0.389 e. The first kappa shape index (κ1) is 18.5. The van der Waals surface area contributed by atoms with Crippen LogP contribution in [0.1, 0.15) is 5.56 Å². The Morgan fingerprint density at radius 2 is 1.68 bits per heavy atom. The van der Waals surface area contributed by atoms with Crippen LogP contribution in [0.5, 0.6) is 0 Å². The molecule has 10 heteroatoms. The molecule has 0 aliphatic carbocycles. The third kappa shape index (κ3) is 2.44. The van der Waals surface area contributed by atoms with Gasteiger partial charge < -0.3 is 9.57 Å². The molecule has 2 aromatic rings. The average Bonchev–Trinajstić information content (AvgIpc) is 3.49. The zero-order chi connectivity index (χ0) is 21.4. The van der Waals surface area contributed by atoms with Gasteiger partial charge in [-0.05, 0) is 24.3 Å². The number of amides is 2. The first-order valence-corrected chi connectivity index (χ1v) is 10.1. The van der Waals surface area contributed by atoms with Gasteiger partial charge in [0.25, 0.3) is 5.69 Å². The van der Waals surface area contributed by atoms with E-state index in [9.17, 15) is 19.7 Å². The zero-order valence-corrected chi connectivity index (χ0v) is 16.5. The van der Waals surface area contributed by atoms with Crippen molar-refractivity contribution in [1.29, 1.82) is 0 Å². The van der Waals surface area contributed by atoms with E-state index in [0.717, 1.165) is 0 Å². The van der Waals surface area contributed by atoms with Gasteiger partial charge in [-0.2, -0.15) is 0 Å². The second-order valence-corrected chi connectivity index (χ2v) is 8.42. The van der Waals surface area contributed by atoms with Crippen molar-refractivity contribution in [1.82, 2.24) is 0 Å². The molecule has 3 fully saturated rings. The minimum absolute atomic E-state index is 0.0633. The van der Waals surface area contributed by atoms with E-state index in [0.29, 0.717) is 22.0 Å². The number of oxime groups is 1. The summed E-state index contributed by atoms with van der Waals surface area (Å²) >= 11 is 5.93. The molecule has 6 atom stereocenters. The number of nitrogens with zero attached hydrogens (tertiary/aromatic N) is 3. The van der Waals surface area contributed by atoms with Gasteiger partial charge in [0.2, 0.25) is 11.8 Å². The van der Waals surface area contributed by atoms with Crippen molar-refractivity contribution in [3.63, 3.8) is 0 Å². The highest BCUT2D eigenvalue weighted by Gasteiger charge is 2.72. The number of nitro benzene ring substituents is 1. The van der Waals surface area contributed by atoms with Gasteiger partial charge in [-0.3, -0.25) is 19.7 Å². The predicted octanol–water partition coefficient (Wildman–Crippen LogP) is 2.55. The van der Waals surface area contributed by atoms with Crippen molar-refractivity contribution in [2.24, 2.45) is 22.9 Å². The standard InChI is InChI=1S/C21H14ClN3O6/c22-10-4-6-11(7-5-10)24-20(26)13-14(21(24)27)18-19-15(17(13)30-18)16(23-31-19)9-2-1-3-12(8-9)25(28)29/h1-8,13-15,17-19H/t13-,14+,15-,17-,18+,19-/m0/s1. The Hall–Kier alpha value is -3.30. The van der Waals surface area contributed by atoms with E-state index in [4.69, 9.17) is 21.2 Å². The quantitative estimate of drug-likeness (QED) is 0.413. The molecule has 2 bridgehead atoms. The lowest BCUT2D eigenvalue weighted by Crippen LogP contribution is -2.45. The van der Waals surface area contributed by atoms with Gasteiger partial charge in [-0.1, -0.05) is 28.9 Å². The Labute approximate surface area is 180 Å². The molecule has 4 aliphatic heterocycles. The number of anilines is 1.